The van der Waals surface area contributed by atoms with Gasteiger partial charge in [-0.05, 0) is 19.4 Å². The van der Waals surface area contributed by atoms with Crippen LogP contribution < -0.4 is 22.1 Å². The molecule has 0 saturated carbocycles. The van der Waals surface area contributed by atoms with Crippen molar-refractivity contribution >= 4 is 23.8 Å². The van der Waals surface area contributed by atoms with Crippen molar-refractivity contribution in [2.45, 2.75) is 51.7 Å². The molecule has 0 heterocycles. The fraction of sp³-hybridized carbons (Fsp3) is 0.765. The van der Waals surface area contributed by atoms with Gasteiger partial charge in [0.15, 0.2) is 0 Å². The van der Waals surface area contributed by atoms with Crippen molar-refractivity contribution in [2.24, 2.45) is 16.9 Å². The molecule has 11 nitrogen and oxygen atoms in total. The lowest BCUT2D eigenvalue weighted by molar-refractivity contribution is -0.159. The highest BCUT2D eigenvalue weighted by Crippen LogP contribution is 2.19. The van der Waals surface area contributed by atoms with E-state index in [1.165, 1.54) is 13.8 Å². The molecule has 0 aliphatic heterocycles. The van der Waals surface area contributed by atoms with E-state index in [-0.39, 0.29) is 13.0 Å². The topological polar surface area (TPSA) is 194 Å². The minimum atomic E-state index is -1.46. The number of carbonyl (C=O) groups is 4. The zero-order valence-electron chi connectivity index (χ0n) is 16.4. The Labute approximate surface area is 164 Å². The predicted molar refractivity (Wildman–Crippen MR) is 99.5 cm³/mol. The second-order valence-corrected chi connectivity index (χ2v) is 7.05. The monoisotopic (exact) mass is 404 g/mol. The number of hydrogen-bond donors (Lipinski definition) is 6. The van der Waals surface area contributed by atoms with Gasteiger partial charge in [0, 0.05) is 12.0 Å². The van der Waals surface area contributed by atoms with Crippen molar-refractivity contribution in [3.63, 3.8) is 0 Å². The van der Waals surface area contributed by atoms with E-state index in [0.717, 1.165) is 6.42 Å². The van der Waals surface area contributed by atoms with Gasteiger partial charge in [-0.2, -0.15) is 0 Å². The van der Waals surface area contributed by atoms with Crippen LogP contribution >= 0.6 is 0 Å². The Bertz CT molecular complexity index is 540. The molecule has 0 spiro atoms. The van der Waals surface area contributed by atoms with E-state index in [4.69, 9.17) is 16.6 Å². The summed E-state index contributed by atoms with van der Waals surface area (Å²) in [4.78, 5) is 46.5. The number of nitrogens with two attached hydrogens (primary N) is 2. The van der Waals surface area contributed by atoms with Crippen molar-refractivity contribution in [3.05, 3.63) is 0 Å². The number of amides is 2. The first kappa shape index (κ1) is 25.9. The van der Waals surface area contributed by atoms with Crippen molar-refractivity contribution in [1.82, 2.24) is 10.6 Å². The molecule has 1 unspecified atom stereocenters. The molecule has 0 bridgehead atoms. The third-order valence-corrected chi connectivity index (χ3v) is 3.97. The first-order chi connectivity index (χ1) is 13.0. The Balaban J connectivity index is 4.08. The summed E-state index contributed by atoms with van der Waals surface area (Å²) in [6.07, 6.45) is 0.0813. The van der Waals surface area contributed by atoms with Crippen LogP contribution in [-0.2, 0) is 23.9 Å². The molecule has 28 heavy (non-hydrogen) atoms. The number of ether oxygens (including phenoxy) is 1. The Morgan fingerprint density at radius 1 is 1.07 bits per heavy atom. The molecule has 11 heteroatoms. The zero-order chi connectivity index (χ0) is 21.7. The van der Waals surface area contributed by atoms with E-state index >= 15 is 0 Å². The highest BCUT2D eigenvalue weighted by Gasteiger charge is 2.32. The van der Waals surface area contributed by atoms with Gasteiger partial charge in [-0.25, -0.2) is 4.79 Å². The van der Waals surface area contributed by atoms with Crippen LogP contribution in [0.4, 0.5) is 0 Å². The number of nitrogens with one attached hydrogen (secondary N) is 2. The molecule has 8 N–H and O–H groups in total. The summed E-state index contributed by atoms with van der Waals surface area (Å²) in [5.74, 6) is -3.15. The molecule has 0 aromatic carbocycles. The Morgan fingerprint density at radius 3 is 2.29 bits per heavy atom. The average Bonchev–Trinajstić information content (AvgIpc) is 2.65. The first-order valence-electron chi connectivity index (χ1n) is 9.08. The molecule has 0 aliphatic carbocycles. The molecule has 162 valence electrons. The lowest BCUT2D eigenvalue weighted by Gasteiger charge is -2.27. The third-order valence-electron chi connectivity index (χ3n) is 3.97. The molecule has 0 fully saturated rings. The van der Waals surface area contributed by atoms with Crippen LogP contribution in [-0.4, -0.2) is 72.4 Å². The molecule has 0 aromatic rings. The number of aliphatic hydroxyl groups is 2. The summed E-state index contributed by atoms with van der Waals surface area (Å²) in [6, 6.07) is -0.778. The summed E-state index contributed by atoms with van der Waals surface area (Å²) in [5.41, 5.74) is 9.97. The van der Waals surface area contributed by atoms with Gasteiger partial charge < -0.3 is 37.1 Å². The maximum Gasteiger partial charge on any atom is 0.333 e. The Hall–Kier alpha value is -2.08. The van der Waals surface area contributed by atoms with Crippen molar-refractivity contribution in [1.29, 1.82) is 0 Å². The quantitative estimate of drug-likeness (QED) is 0.109. The summed E-state index contributed by atoms with van der Waals surface area (Å²) in [6.45, 7) is 2.43. The van der Waals surface area contributed by atoms with E-state index in [0.29, 0.717) is 19.4 Å². The second-order valence-electron chi connectivity index (χ2n) is 7.05. The number of rotatable bonds is 13. The highest BCUT2D eigenvalue weighted by atomic mass is 16.6. The third kappa shape index (κ3) is 10.3. The first-order valence-corrected chi connectivity index (χ1v) is 9.08. The van der Waals surface area contributed by atoms with E-state index in [1.807, 2.05) is 0 Å². The van der Waals surface area contributed by atoms with Crippen LogP contribution in [0.5, 0.6) is 0 Å². The van der Waals surface area contributed by atoms with Crippen molar-refractivity contribution < 1.29 is 34.1 Å². The Morgan fingerprint density at radius 2 is 1.71 bits per heavy atom. The maximum absolute atomic E-state index is 11.7. The summed E-state index contributed by atoms with van der Waals surface area (Å²) >= 11 is 0. The molecule has 2 atom stereocenters. The zero-order valence-corrected chi connectivity index (χ0v) is 16.4. The lowest BCUT2D eigenvalue weighted by Crippen LogP contribution is -2.46. The largest absolute Gasteiger partial charge is 0.396 e. The van der Waals surface area contributed by atoms with Gasteiger partial charge in [-0.3, -0.25) is 14.4 Å². The number of aliphatic hydroxyl groups excluding tert-OH is 2. The molecule has 2 amide bonds. The van der Waals surface area contributed by atoms with Crippen molar-refractivity contribution in [2.75, 3.05) is 26.2 Å². The van der Waals surface area contributed by atoms with Crippen molar-refractivity contribution in [3.8, 4) is 0 Å². The molecule has 0 aliphatic rings. The smallest absolute Gasteiger partial charge is 0.333 e. The van der Waals surface area contributed by atoms with Crippen LogP contribution in [0.2, 0.25) is 0 Å². The molecule has 0 aromatic heterocycles. The number of unbranched alkanes of at least 4 members (excludes halogenated alkanes) is 1. The van der Waals surface area contributed by atoms with Crippen LogP contribution in [0.1, 0.15) is 39.5 Å². The highest BCUT2D eigenvalue weighted by molar-refractivity contribution is 5.90. The fourth-order valence-electron chi connectivity index (χ4n) is 1.97. The standard InChI is InChI=1S/C17H32N4O7/c1-17(2,10-22)14(25)16(27)20-8-6-12(23)28-13(24)9-21-15(26)11(19)5-3-4-7-18/h11,14,22,25H,3-10,18-19H2,1-2H3,(H,20,27)(H,21,26)/t11?,14-/m0/s1. The molecular formula is C17H32N4O7. The molecule has 0 radical (unpaired) electrons. The summed E-state index contributed by atoms with van der Waals surface area (Å²) < 4.78 is 4.51. The average molecular weight is 404 g/mol. The van der Waals surface area contributed by atoms with Gasteiger partial charge in [-0.1, -0.05) is 20.3 Å². The fourth-order valence-corrected chi connectivity index (χ4v) is 1.97. The van der Waals surface area contributed by atoms with Gasteiger partial charge in [-0.15, -0.1) is 0 Å². The number of esters is 2. The number of carbonyl (C=O) groups excluding carboxylic acids is 4. The summed E-state index contributed by atoms with van der Waals surface area (Å²) in [5, 5.41) is 23.5. The van der Waals surface area contributed by atoms with E-state index in [1.54, 1.807) is 0 Å². The van der Waals surface area contributed by atoms with E-state index in [9.17, 15) is 24.3 Å². The lowest BCUT2D eigenvalue weighted by atomic mass is 9.87. The Kier molecular flexibility index (Phi) is 12.2. The van der Waals surface area contributed by atoms with Gasteiger partial charge in [0.05, 0.1) is 19.1 Å². The van der Waals surface area contributed by atoms with Gasteiger partial charge in [0.2, 0.25) is 11.8 Å². The SMILES string of the molecule is CC(C)(CO)[C@@H](O)C(=O)NCCC(=O)OC(=O)CNC(=O)C(N)CCCCN. The van der Waals surface area contributed by atoms with Crippen LogP contribution in [0, 0.1) is 5.41 Å². The minimum Gasteiger partial charge on any atom is -0.396 e. The van der Waals surface area contributed by atoms with E-state index < -0.39 is 54.5 Å². The second kappa shape index (κ2) is 13.2. The molecule has 0 rings (SSSR count). The van der Waals surface area contributed by atoms with Crippen LogP contribution in [0.3, 0.4) is 0 Å². The molecular weight excluding hydrogens is 372 g/mol. The van der Waals surface area contributed by atoms with E-state index in [2.05, 4.69) is 15.4 Å². The van der Waals surface area contributed by atoms with Crippen LogP contribution in [0.25, 0.3) is 0 Å². The predicted octanol–water partition coefficient (Wildman–Crippen LogP) is -2.49. The molecule has 0 saturated heterocycles. The normalized spacial score (nSPS) is 13.4. The van der Waals surface area contributed by atoms with Gasteiger partial charge in [0.25, 0.3) is 0 Å². The van der Waals surface area contributed by atoms with Crippen LogP contribution in [0.15, 0.2) is 0 Å². The minimum absolute atomic E-state index is 0.165. The maximum atomic E-state index is 11.7. The number of hydrogen-bond acceptors (Lipinski definition) is 9. The van der Waals surface area contributed by atoms with Gasteiger partial charge >= 0.3 is 11.9 Å². The summed E-state index contributed by atoms with van der Waals surface area (Å²) in [7, 11) is 0. The van der Waals surface area contributed by atoms with Gasteiger partial charge in [0.1, 0.15) is 12.6 Å².